The Morgan fingerprint density at radius 3 is 2.62 bits per heavy atom. The fourth-order valence-electron chi connectivity index (χ4n) is 0.780. The first-order valence-electron chi connectivity index (χ1n) is 3.15. The SMILES string of the molecule is O=Cc1c(C(F)F)ncc(Br)c1F. The quantitative estimate of drug-likeness (QED) is 0.759. The monoisotopic (exact) mass is 253 g/mol. The lowest BCUT2D eigenvalue weighted by atomic mass is 10.2. The van der Waals surface area contributed by atoms with E-state index in [0.717, 1.165) is 6.20 Å². The van der Waals surface area contributed by atoms with Crippen molar-refractivity contribution >= 4 is 22.2 Å². The van der Waals surface area contributed by atoms with Crippen molar-refractivity contribution in [2.24, 2.45) is 0 Å². The van der Waals surface area contributed by atoms with Gasteiger partial charge >= 0.3 is 0 Å². The standard InChI is InChI=1S/C7H3BrF3NO/c8-4-1-12-6(7(10)11)3(2-13)5(4)9/h1-2,7H. The van der Waals surface area contributed by atoms with E-state index in [-0.39, 0.29) is 10.8 Å². The predicted octanol–water partition coefficient (Wildman–Crippen LogP) is 2.73. The summed E-state index contributed by atoms with van der Waals surface area (Å²) in [4.78, 5) is 13.5. The molecule has 0 atom stereocenters. The summed E-state index contributed by atoms with van der Waals surface area (Å²) in [5, 5.41) is 0. The lowest BCUT2D eigenvalue weighted by molar-refractivity contribution is 0.109. The zero-order valence-electron chi connectivity index (χ0n) is 6.10. The van der Waals surface area contributed by atoms with Gasteiger partial charge in [-0.1, -0.05) is 0 Å². The molecule has 0 radical (unpaired) electrons. The van der Waals surface area contributed by atoms with Crippen molar-refractivity contribution in [3.05, 3.63) is 27.7 Å². The van der Waals surface area contributed by atoms with Crippen molar-refractivity contribution in [2.45, 2.75) is 6.43 Å². The minimum Gasteiger partial charge on any atom is -0.298 e. The summed E-state index contributed by atoms with van der Waals surface area (Å²) in [6.45, 7) is 0. The molecule has 13 heavy (non-hydrogen) atoms. The van der Waals surface area contributed by atoms with Crippen LogP contribution in [0.15, 0.2) is 10.7 Å². The zero-order valence-corrected chi connectivity index (χ0v) is 7.69. The topological polar surface area (TPSA) is 30.0 Å². The van der Waals surface area contributed by atoms with Gasteiger partial charge in [-0.25, -0.2) is 13.2 Å². The second kappa shape index (κ2) is 3.87. The molecular weight excluding hydrogens is 251 g/mol. The highest BCUT2D eigenvalue weighted by Gasteiger charge is 2.19. The molecule has 0 saturated heterocycles. The molecule has 0 aromatic carbocycles. The fraction of sp³-hybridized carbons (Fsp3) is 0.143. The number of aldehydes is 1. The predicted molar refractivity (Wildman–Crippen MR) is 42.2 cm³/mol. The number of alkyl halides is 2. The van der Waals surface area contributed by atoms with E-state index in [4.69, 9.17) is 0 Å². The summed E-state index contributed by atoms with van der Waals surface area (Å²) in [5.74, 6) is -1.01. The van der Waals surface area contributed by atoms with Crippen LogP contribution < -0.4 is 0 Å². The number of nitrogens with zero attached hydrogens (tertiary/aromatic N) is 1. The van der Waals surface area contributed by atoms with Gasteiger partial charge < -0.3 is 0 Å². The number of hydrogen-bond donors (Lipinski definition) is 0. The normalized spacial score (nSPS) is 10.5. The van der Waals surface area contributed by atoms with Gasteiger partial charge in [-0.3, -0.25) is 9.78 Å². The second-order valence-corrected chi connectivity index (χ2v) is 2.99. The summed E-state index contributed by atoms with van der Waals surface area (Å²) in [6, 6.07) is 0. The number of carbonyl (C=O) groups is 1. The Morgan fingerprint density at radius 2 is 2.15 bits per heavy atom. The zero-order chi connectivity index (χ0) is 10.0. The van der Waals surface area contributed by atoms with E-state index in [1.54, 1.807) is 0 Å². The van der Waals surface area contributed by atoms with Gasteiger partial charge in [0, 0.05) is 6.20 Å². The summed E-state index contributed by atoms with van der Waals surface area (Å²) >= 11 is 2.73. The first-order valence-corrected chi connectivity index (χ1v) is 3.94. The molecule has 0 amide bonds. The summed E-state index contributed by atoms with van der Waals surface area (Å²) < 4.78 is 37.1. The Kier molecular flexibility index (Phi) is 3.02. The van der Waals surface area contributed by atoms with Crippen LogP contribution in [0, 0.1) is 5.82 Å². The van der Waals surface area contributed by atoms with E-state index in [9.17, 15) is 18.0 Å². The van der Waals surface area contributed by atoms with Gasteiger partial charge in [0.05, 0.1) is 10.0 Å². The van der Waals surface area contributed by atoms with Crippen LogP contribution in [0.4, 0.5) is 13.2 Å². The third kappa shape index (κ3) is 1.88. The van der Waals surface area contributed by atoms with Gasteiger partial charge in [-0.05, 0) is 15.9 Å². The number of aromatic nitrogens is 1. The van der Waals surface area contributed by atoms with Crippen molar-refractivity contribution < 1.29 is 18.0 Å². The lowest BCUT2D eigenvalue weighted by Crippen LogP contribution is -2.01. The molecule has 0 N–H and O–H groups in total. The van der Waals surface area contributed by atoms with Gasteiger partial charge in [0.2, 0.25) is 0 Å². The van der Waals surface area contributed by atoms with E-state index in [0.29, 0.717) is 0 Å². The molecular formula is C7H3BrF3NO. The average Bonchev–Trinajstić information content (AvgIpc) is 2.09. The van der Waals surface area contributed by atoms with Crippen LogP contribution in [-0.4, -0.2) is 11.3 Å². The Hall–Kier alpha value is -0.910. The van der Waals surface area contributed by atoms with Crippen LogP contribution in [0.1, 0.15) is 22.5 Å². The molecule has 1 aromatic heterocycles. The Bertz CT molecular complexity index is 343. The third-order valence-corrected chi connectivity index (χ3v) is 1.92. The summed E-state index contributed by atoms with van der Waals surface area (Å²) in [6.07, 6.45) is -2.04. The molecule has 0 aliphatic heterocycles. The number of halogens is 4. The van der Waals surface area contributed by atoms with Gasteiger partial charge in [-0.2, -0.15) is 0 Å². The first-order chi connectivity index (χ1) is 6.07. The van der Waals surface area contributed by atoms with Gasteiger partial charge in [-0.15, -0.1) is 0 Å². The highest BCUT2D eigenvalue weighted by atomic mass is 79.9. The molecule has 1 heterocycles. The Balaban J connectivity index is 3.38. The van der Waals surface area contributed by atoms with E-state index >= 15 is 0 Å². The Labute approximate surface area is 79.9 Å². The molecule has 70 valence electrons. The van der Waals surface area contributed by atoms with Crippen molar-refractivity contribution in [3.63, 3.8) is 0 Å². The fourth-order valence-corrected chi connectivity index (χ4v) is 1.10. The molecule has 0 spiro atoms. The van der Waals surface area contributed by atoms with Gasteiger partial charge in [0.1, 0.15) is 5.69 Å². The smallest absolute Gasteiger partial charge is 0.281 e. The third-order valence-electron chi connectivity index (χ3n) is 1.36. The summed E-state index contributed by atoms with van der Waals surface area (Å²) in [5.41, 5.74) is -1.54. The Morgan fingerprint density at radius 1 is 1.54 bits per heavy atom. The van der Waals surface area contributed by atoms with Crippen LogP contribution >= 0.6 is 15.9 Å². The van der Waals surface area contributed by atoms with Crippen molar-refractivity contribution in [3.8, 4) is 0 Å². The van der Waals surface area contributed by atoms with Crippen LogP contribution in [0.5, 0.6) is 0 Å². The van der Waals surface area contributed by atoms with E-state index in [1.165, 1.54) is 0 Å². The largest absolute Gasteiger partial charge is 0.298 e. The van der Waals surface area contributed by atoms with E-state index in [2.05, 4.69) is 20.9 Å². The minimum absolute atomic E-state index is 0.0224. The van der Waals surface area contributed by atoms with Crippen LogP contribution in [-0.2, 0) is 0 Å². The number of pyridine rings is 1. The van der Waals surface area contributed by atoms with Crippen molar-refractivity contribution in [1.29, 1.82) is 0 Å². The lowest BCUT2D eigenvalue weighted by Gasteiger charge is -2.03. The van der Waals surface area contributed by atoms with Crippen LogP contribution in [0.3, 0.4) is 0 Å². The van der Waals surface area contributed by atoms with Crippen LogP contribution in [0.2, 0.25) is 0 Å². The first kappa shape index (κ1) is 10.2. The number of carbonyl (C=O) groups excluding carboxylic acids is 1. The molecule has 0 bridgehead atoms. The molecule has 0 aliphatic carbocycles. The molecule has 1 aromatic rings. The molecule has 0 unspecified atom stereocenters. The minimum atomic E-state index is -2.96. The van der Waals surface area contributed by atoms with Gasteiger partial charge in [0.15, 0.2) is 12.1 Å². The highest BCUT2D eigenvalue weighted by molar-refractivity contribution is 9.10. The number of hydrogen-bond acceptors (Lipinski definition) is 2. The number of rotatable bonds is 2. The maximum absolute atomic E-state index is 13.0. The van der Waals surface area contributed by atoms with Crippen LogP contribution in [0.25, 0.3) is 0 Å². The molecule has 1 rings (SSSR count). The van der Waals surface area contributed by atoms with Crippen molar-refractivity contribution in [2.75, 3.05) is 0 Å². The summed E-state index contributed by atoms with van der Waals surface area (Å²) in [7, 11) is 0. The molecule has 0 saturated carbocycles. The maximum Gasteiger partial charge on any atom is 0.281 e. The van der Waals surface area contributed by atoms with Crippen molar-refractivity contribution in [1.82, 2.24) is 4.98 Å². The second-order valence-electron chi connectivity index (χ2n) is 2.14. The molecule has 0 aliphatic rings. The maximum atomic E-state index is 13.0. The molecule has 2 nitrogen and oxygen atoms in total. The van der Waals surface area contributed by atoms with E-state index in [1.807, 2.05) is 0 Å². The molecule has 0 fully saturated rings. The van der Waals surface area contributed by atoms with E-state index < -0.39 is 23.5 Å². The van der Waals surface area contributed by atoms with Gasteiger partial charge in [0.25, 0.3) is 6.43 Å². The molecule has 6 heteroatoms. The average molecular weight is 254 g/mol. The highest BCUT2D eigenvalue weighted by Crippen LogP contribution is 2.25.